The molecule has 3 unspecified atom stereocenters. The molecule has 110 valence electrons. The lowest BCUT2D eigenvalue weighted by Crippen LogP contribution is -2.52. The minimum Gasteiger partial charge on any atom is -0.465 e. The summed E-state index contributed by atoms with van der Waals surface area (Å²) >= 11 is 0. The number of piperidine rings is 1. The quantitative estimate of drug-likeness (QED) is 0.798. The van der Waals surface area contributed by atoms with E-state index in [1.54, 1.807) is 0 Å². The van der Waals surface area contributed by atoms with Crippen molar-refractivity contribution >= 4 is 5.97 Å². The summed E-state index contributed by atoms with van der Waals surface area (Å²) in [7, 11) is 0. The minimum atomic E-state index is -0.0562. The Kier molecular flexibility index (Phi) is 4.88. The van der Waals surface area contributed by atoms with Gasteiger partial charge in [0.1, 0.15) is 6.04 Å². The van der Waals surface area contributed by atoms with Crippen molar-refractivity contribution < 1.29 is 9.53 Å². The molecule has 0 radical (unpaired) electrons. The van der Waals surface area contributed by atoms with Crippen LogP contribution in [-0.2, 0) is 9.53 Å². The highest BCUT2D eigenvalue weighted by molar-refractivity contribution is 5.76. The highest BCUT2D eigenvalue weighted by atomic mass is 16.5. The molecule has 0 spiro atoms. The van der Waals surface area contributed by atoms with E-state index in [-0.39, 0.29) is 17.4 Å². The summed E-state index contributed by atoms with van der Waals surface area (Å²) in [5.74, 6) is 0.764. The number of carbonyl (C=O) groups is 1. The van der Waals surface area contributed by atoms with Crippen molar-refractivity contribution in [3.05, 3.63) is 0 Å². The van der Waals surface area contributed by atoms with Crippen LogP contribution in [0.4, 0.5) is 0 Å². The minimum absolute atomic E-state index is 0.0340. The topological polar surface area (TPSA) is 38.3 Å². The molecule has 1 saturated carbocycles. The molecule has 3 atom stereocenters. The molecule has 3 heteroatoms. The highest BCUT2D eigenvalue weighted by Crippen LogP contribution is 2.32. The number of hydrogen-bond donors (Lipinski definition) is 1. The predicted molar refractivity (Wildman–Crippen MR) is 76.9 cm³/mol. The Hall–Kier alpha value is -0.570. The van der Waals surface area contributed by atoms with Crippen LogP contribution in [0.25, 0.3) is 0 Å². The van der Waals surface area contributed by atoms with E-state index in [4.69, 9.17) is 4.74 Å². The third kappa shape index (κ3) is 4.48. The number of ether oxygens (including phenoxy) is 1. The van der Waals surface area contributed by atoms with E-state index in [0.717, 1.165) is 18.8 Å². The van der Waals surface area contributed by atoms with Gasteiger partial charge in [0.25, 0.3) is 0 Å². The van der Waals surface area contributed by atoms with Gasteiger partial charge >= 0.3 is 5.97 Å². The molecular formula is C16H29NO2. The highest BCUT2D eigenvalue weighted by Gasteiger charge is 2.35. The number of fused-ring (bicyclic) bond motifs is 1. The molecular weight excluding hydrogens is 238 g/mol. The molecule has 0 aromatic rings. The number of carbonyl (C=O) groups excluding carboxylic acids is 1. The lowest BCUT2D eigenvalue weighted by atomic mass is 9.78. The van der Waals surface area contributed by atoms with Crippen LogP contribution in [0, 0.1) is 11.3 Å². The second-order valence-electron chi connectivity index (χ2n) is 7.43. The molecule has 2 rings (SSSR count). The number of esters is 1. The first-order valence-corrected chi connectivity index (χ1v) is 7.88. The standard InChI is InChI=1S/C16H29NO2/c1-16(2,3)10-11-19-15(18)14-9-8-12-6-4-5-7-13(12)17-14/h12-14,17H,4-11H2,1-3H3. The third-order valence-corrected chi connectivity index (χ3v) is 4.53. The first-order chi connectivity index (χ1) is 8.96. The van der Waals surface area contributed by atoms with Crippen molar-refractivity contribution in [1.82, 2.24) is 5.32 Å². The van der Waals surface area contributed by atoms with Crippen molar-refractivity contribution in [2.45, 2.75) is 77.8 Å². The van der Waals surface area contributed by atoms with E-state index in [0.29, 0.717) is 12.6 Å². The SMILES string of the molecule is CC(C)(C)CCOC(=O)C1CCC2CCCCC2N1. The molecule has 1 heterocycles. The van der Waals surface area contributed by atoms with Crippen LogP contribution < -0.4 is 5.32 Å². The number of nitrogens with one attached hydrogen (secondary N) is 1. The van der Waals surface area contributed by atoms with Gasteiger partial charge in [-0.15, -0.1) is 0 Å². The fourth-order valence-corrected chi connectivity index (χ4v) is 3.24. The van der Waals surface area contributed by atoms with Gasteiger partial charge in [-0.2, -0.15) is 0 Å². The fourth-order valence-electron chi connectivity index (χ4n) is 3.24. The Morgan fingerprint density at radius 3 is 2.63 bits per heavy atom. The van der Waals surface area contributed by atoms with Gasteiger partial charge in [0.15, 0.2) is 0 Å². The Morgan fingerprint density at radius 1 is 1.16 bits per heavy atom. The second kappa shape index (κ2) is 6.25. The van der Waals surface area contributed by atoms with E-state index in [1.807, 2.05) is 0 Å². The Labute approximate surface area is 117 Å². The average Bonchev–Trinajstić information content (AvgIpc) is 2.36. The van der Waals surface area contributed by atoms with Gasteiger partial charge in [-0.3, -0.25) is 4.79 Å². The summed E-state index contributed by atoms with van der Waals surface area (Å²) in [4.78, 5) is 12.1. The van der Waals surface area contributed by atoms with Gasteiger partial charge < -0.3 is 10.1 Å². The van der Waals surface area contributed by atoms with Crippen LogP contribution in [0.15, 0.2) is 0 Å². The first-order valence-electron chi connectivity index (χ1n) is 7.88. The summed E-state index contributed by atoms with van der Waals surface area (Å²) < 4.78 is 5.44. The van der Waals surface area contributed by atoms with Crippen LogP contribution in [0.2, 0.25) is 0 Å². The zero-order valence-corrected chi connectivity index (χ0v) is 12.7. The largest absolute Gasteiger partial charge is 0.465 e. The van der Waals surface area contributed by atoms with Gasteiger partial charge in [-0.1, -0.05) is 33.6 Å². The summed E-state index contributed by atoms with van der Waals surface area (Å²) in [6, 6.07) is 0.502. The number of rotatable bonds is 3. The van der Waals surface area contributed by atoms with Crippen LogP contribution in [-0.4, -0.2) is 24.7 Å². The average molecular weight is 267 g/mol. The van der Waals surface area contributed by atoms with Crippen molar-refractivity contribution in [3.63, 3.8) is 0 Å². The van der Waals surface area contributed by atoms with Crippen molar-refractivity contribution in [1.29, 1.82) is 0 Å². The van der Waals surface area contributed by atoms with Gasteiger partial charge in [-0.05, 0) is 43.4 Å². The van der Waals surface area contributed by atoms with Crippen LogP contribution in [0.5, 0.6) is 0 Å². The van der Waals surface area contributed by atoms with Crippen molar-refractivity contribution in [3.8, 4) is 0 Å². The number of hydrogen-bond acceptors (Lipinski definition) is 3. The summed E-state index contributed by atoms with van der Waals surface area (Å²) in [5, 5.41) is 3.53. The van der Waals surface area contributed by atoms with E-state index in [1.165, 1.54) is 32.1 Å². The molecule has 1 aliphatic carbocycles. The predicted octanol–water partition coefficient (Wildman–Crippen LogP) is 3.28. The molecule has 0 aromatic carbocycles. The summed E-state index contributed by atoms with van der Waals surface area (Å²) in [6.45, 7) is 7.07. The van der Waals surface area contributed by atoms with Gasteiger partial charge in [0.05, 0.1) is 6.61 Å². The maximum atomic E-state index is 12.1. The van der Waals surface area contributed by atoms with Crippen LogP contribution in [0.1, 0.15) is 65.7 Å². The summed E-state index contributed by atoms with van der Waals surface area (Å²) in [5.41, 5.74) is 0.231. The zero-order valence-electron chi connectivity index (χ0n) is 12.7. The van der Waals surface area contributed by atoms with E-state index in [9.17, 15) is 4.79 Å². The van der Waals surface area contributed by atoms with Gasteiger partial charge in [0, 0.05) is 6.04 Å². The fraction of sp³-hybridized carbons (Fsp3) is 0.938. The first kappa shape index (κ1) is 14.8. The second-order valence-corrected chi connectivity index (χ2v) is 7.43. The molecule has 3 nitrogen and oxygen atoms in total. The van der Waals surface area contributed by atoms with E-state index in [2.05, 4.69) is 26.1 Å². The maximum absolute atomic E-state index is 12.1. The van der Waals surface area contributed by atoms with Crippen molar-refractivity contribution in [2.24, 2.45) is 11.3 Å². The molecule has 1 N–H and O–H groups in total. The lowest BCUT2D eigenvalue weighted by molar-refractivity contribution is -0.148. The molecule has 2 fully saturated rings. The van der Waals surface area contributed by atoms with Gasteiger partial charge in [0.2, 0.25) is 0 Å². The van der Waals surface area contributed by atoms with E-state index < -0.39 is 0 Å². The summed E-state index contributed by atoms with van der Waals surface area (Å²) in [6.07, 6.45) is 8.31. The Bertz CT molecular complexity index is 308. The molecule has 1 aliphatic heterocycles. The monoisotopic (exact) mass is 267 g/mol. The smallest absolute Gasteiger partial charge is 0.323 e. The zero-order chi connectivity index (χ0) is 13.9. The molecule has 0 amide bonds. The maximum Gasteiger partial charge on any atom is 0.323 e. The van der Waals surface area contributed by atoms with Crippen LogP contribution >= 0.6 is 0 Å². The molecule has 0 aromatic heterocycles. The Balaban J connectivity index is 1.74. The van der Waals surface area contributed by atoms with Crippen molar-refractivity contribution in [2.75, 3.05) is 6.61 Å². The normalized spacial score (nSPS) is 31.6. The lowest BCUT2D eigenvalue weighted by Gasteiger charge is -2.39. The molecule has 19 heavy (non-hydrogen) atoms. The third-order valence-electron chi connectivity index (χ3n) is 4.53. The van der Waals surface area contributed by atoms with Crippen LogP contribution in [0.3, 0.4) is 0 Å². The van der Waals surface area contributed by atoms with E-state index >= 15 is 0 Å². The Morgan fingerprint density at radius 2 is 1.89 bits per heavy atom. The molecule has 1 saturated heterocycles. The van der Waals surface area contributed by atoms with Gasteiger partial charge in [-0.25, -0.2) is 0 Å². The molecule has 0 bridgehead atoms. The molecule has 2 aliphatic rings.